The van der Waals surface area contributed by atoms with Gasteiger partial charge in [-0.25, -0.2) is 4.68 Å². The van der Waals surface area contributed by atoms with Gasteiger partial charge in [-0.1, -0.05) is 5.16 Å². The van der Waals surface area contributed by atoms with Crippen LogP contribution in [0.3, 0.4) is 0 Å². The minimum absolute atomic E-state index is 0.162. The molecule has 0 saturated carbocycles. The van der Waals surface area contributed by atoms with Gasteiger partial charge >= 0.3 is 0 Å². The van der Waals surface area contributed by atoms with Crippen LogP contribution in [0.15, 0.2) is 16.0 Å². The van der Waals surface area contributed by atoms with Crippen molar-refractivity contribution in [3.63, 3.8) is 0 Å². The Kier molecular flexibility index (Phi) is 4.06. The van der Waals surface area contributed by atoms with Gasteiger partial charge in [-0.15, -0.1) is 0 Å². The summed E-state index contributed by atoms with van der Waals surface area (Å²) < 4.78 is 6.86. The first-order chi connectivity index (χ1) is 9.01. The fourth-order valence-electron chi connectivity index (χ4n) is 1.83. The summed E-state index contributed by atoms with van der Waals surface area (Å²) in [6.07, 6.45) is -3.05. The molecule has 1 aliphatic rings. The lowest BCUT2D eigenvalue weighted by molar-refractivity contribution is -0.0597. The van der Waals surface area contributed by atoms with Crippen LogP contribution < -0.4 is 5.73 Å². The molecule has 0 bridgehead atoms. The number of hydrogen-bond donors (Lipinski definition) is 5. The van der Waals surface area contributed by atoms with Crippen LogP contribution in [-0.2, 0) is 4.74 Å². The van der Waals surface area contributed by atoms with Crippen LogP contribution >= 0.6 is 15.9 Å². The zero-order valence-corrected chi connectivity index (χ0v) is 11.2. The summed E-state index contributed by atoms with van der Waals surface area (Å²) in [7, 11) is 0. The zero-order chi connectivity index (χ0) is 14.2. The SMILES string of the molecule is N/C(=N\O)c1cnn([C@@H]2O[C@H](CO)[C@@H](O)[C@H]2O)c1Br. The summed E-state index contributed by atoms with van der Waals surface area (Å²) in [5.41, 5.74) is 5.75. The highest BCUT2D eigenvalue weighted by Crippen LogP contribution is 2.32. The Morgan fingerprint density at radius 2 is 2.21 bits per heavy atom. The van der Waals surface area contributed by atoms with Crippen LogP contribution in [0.2, 0.25) is 0 Å². The van der Waals surface area contributed by atoms with Gasteiger partial charge in [0.25, 0.3) is 0 Å². The second-order valence-corrected chi connectivity index (χ2v) is 4.76. The molecule has 0 spiro atoms. The molecule has 0 aliphatic carbocycles. The maximum atomic E-state index is 9.86. The van der Waals surface area contributed by atoms with Crippen LogP contribution in [0, 0.1) is 0 Å². The number of rotatable bonds is 3. The van der Waals surface area contributed by atoms with Crippen molar-refractivity contribution in [1.82, 2.24) is 9.78 Å². The van der Waals surface area contributed by atoms with Crippen molar-refractivity contribution >= 4 is 21.8 Å². The van der Waals surface area contributed by atoms with Crippen molar-refractivity contribution in [2.75, 3.05) is 6.61 Å². The second kappa shape index (κ2) is 5.43. The molecule has 1 aromatic heterocycles. The molecule has 0 unspecified atom stereocenters. The first-order valence-electron chi connectivity index (χ1n) is 5.34. The number of nitrogens with two attached hydrogens (primary N) is 1. The molecule has 9 nitrogen and oxygen atoms in total. The van der Waals surface area contributed by atoms with E-state index >= 15 is 0 Å². The first-order valence-corrected chi connectivity index (χ1v) is 6.14. The molecule has 4 atom stereocenters. The summed E-state index contributed by atoms with van der Waals surface area (Å²) >= 11 is 3.19. The quantitative estimate of drug-likeness (QED) is 0.192. The molecule has 0 aromatic carbocycles. The molecule has 1 aliphatic heterocycles. The van der Waals surface area contributed by atoms with E-state index in [1.807, 2.05) is 0 Å². The van der Waals surface area contributed by atoms with Gasteiger partial charge in [0.05, 0.1) is 18.4 Å². The molecule has 6 N–H and O–H groups in total. The summed E-state index contributed by atoms with van der Waals surface area (Å²) in [4.78, 5) is 0. The fraction of sp³-hybridized carbons (Fsp3) is 0.556. The van der Waals surface area contributed by atoms with Gasteiger partial charge in [-0.2, -0.15) is 5.10 Å². The average molecular weight is 337 g/mol. The maximum absolute atomic E-state index is 9.86. The largest absolute Gasteiger partial charge is 0.409 e. The number of nitrogens with zero attached hydrogens (tertiary/aromatic N) is 3. The van der Waals surface area contributed by atoms with Crippen LogP contribution in [0.5, 0.6) is 0 Å². The lowest BCUT2D eigenvalue weighted by atomic mass is 10.1. The summed E-state index contributed by atoms with van der Waals surface area (Å²) in [5, 5.41) is 43.9. The highest BCUT2D eigenvalue weighted by atomic mass is 79.9. The third-order valence-electron chi connectivity index (χ3n) is 2.88. The molecule has 0 radical (unpaired) electrons. The van der Waals surface area contributed by atoms with Gasteiger partial charge in [-0.3, -0.25) is 0 Å². The smallest absolute Gasteiger partial charge is 0.180 e. The predicted molar refractivity (Wildman–Crippen MR) is 65.4 cm³/mol. The molecule has 106 valence electrons. The predicted octanol–water partition coefficient (Wildman–Crippen LogP) is -1.65. The Balaban J connectivity index is 2.31. The number of aliphatic hydroxyl groups excluding tert-OH is 3. The van der Waals surface area contributed by atoms with Crippen LogP contribution in [0.25, 0.3) is 0 Å². The van der Waals surface area contributed by atoms with E-state index < -0.39 is 31.1 Å². The van der Waals surface area contributed by atoms with Crippen molar-refractivity contribution in [1.29, 1.82) is 0 Å². The first kappa shape index (κ1) is 14.2. The van der Waals surface area contributed by atoms with Crippen molar-refractivity contribution in [2.24, 2.45) is 10.9 Å². The highest BCUT2D eigenvalue weighted by molar-refractivity contribution is 9.10. The Morgan fingerprint density at radius 3 is 2.74 bits per heavy atom. The van der Waals surface area contributed by atoms with E-state index in [1.165, 1.54) is 10.9 Å². The van der Waals surface area contributed by atoms with E-state index in [2.05, 4.69) is 26.2 Å². The molecule has 1 saturated heterocycles. The average Bonchev–Trinajstić information content (AvgIpc) is 2.91. The number of ether oxygens (including phenoxy) is 1. The fourth-order valence-corrected chi connectivity index (χ4v) is 2.43. The summed E-state index contributed by atoms with van der Waals surface area (Å²) in [5.74, 6) is -0.162. The lowest BCUT2D eigenvalue weighted by Gasteiger charge is -2.16. The second-order valence-electron chi connectivity index (χ2n) is 4.01. The van der Waals surface area contributed by atoms with Crippen molar-refractivity contribution in [3.8, 4) is 0 Å². The molecule has 10 heteroatoms. The van der Waals surface area contributed by atoms with Gasteiger partial charge in [0, 0.05) is 0 Å². The minimum Gasteiger partial charge on any atom is -0.409 e. The van der Waals surface area contributed by atoms with E-state index in [1.54, 1.807) is 0 Å². The van der Waals surface area contributed by atoms with Crippen LogP contribution in [0.4, 0.5) is 0 Å². The van der Waals surface area contributed by atoms with Crippen LogP contribution in [-0.4, -0.2) is 61.1 Å². The standard InChI is InChI=1S/C9H13BrN4O5/c10-7-3(8(11)13-18)1-12-14(7)9-6(17)5(16)4(2-15)19-9/h1,4-6,9,15-18H,2H2,(H2,11,13)/t4-,5-,6-,9-/m1/s1. The van der Waals surface area contributed by atoms with E-state index in [0.29, 0.717) is 10.2 Å². The molecular formula is C9H13BrN4O5. The van der Waals surface area contributed by atoms with E-state index in [4.69, 9.17) is 20.8 Å². The third kappa shape index (κ3) is 2.32. The Bertz CT molecular complexity index is 493. The Labute approximate surface area is 116 Å². The molecule has 19 heavy (non-hydrogen) atoms. The number of halogens is 1. The number of amidine groups is 1. The van der Waals surface area contributed by atoms with E-state index in [9.17, 15) is 10.2 Å². The molecule has 1 aromatic rings. The molecule has 2 heterocycles. The Hall–Kier alpha value is -1.20. The zero-order valence-electron chi connectivity index (χ0n) is 9.59. The van der Waals surface area contributed by atoms with Crippen LogP contribution in [0.1, 0.15) is 11.8 Å². The van der Waals surface area contributed by atoms with Crippen molar-refractivity contribution in [3.05, 3.63) is 16.4 Å². The van der Waals surface area contributed by atoms with Gasteiger partial charge in [0.15, 0.2) is 12.1 Å². The highest BCUT2D eigenvalue weighted by Gasteiger charge is 2.44. The monoisotopic (exact) mass is 336 g/mol. The number of aromatic nitrogens is 2. The van der Waals surface area contributed by atoms with Crippen molar-refractivity contribution < 1.29 is 25.3 Å². The molecule has 1 fully saturated rings. The van der Waals surface area contributed by atoms with Gasteiger partial charge in [0.2, 0.25) is 0 Å². The minimum atomic E-state index is -1.26. The number of aliphatic hydroxyl groups is 3. The third-order valence-corrected chi connectivity index (χ3v) is 3.67. The normalized spacial score (nSPS) is 31.9. The summed E-state index contributed by atoms with van der Waals surface area (Å²) in [6, 6.07) is 0. The topological polar surface area (TPSA) is 146 Å². The molecule has 2 rings (SSSR count). The number of hydrogen-bond acceptors (Lipinski definition) is 7. The molecular weight excluding hydrogens is 324 g/mol. The van der Waals surface area contributed by atoms with E-state index in [-0.39, 0.29) is 5.84 Å². The van der Waals surface area contributed by atoms with Gasteiger partial charge in [0.1, 0.15) is 22.9 Å². The van der Waals surface area contributed by atoms with Gasteiger partial charge in [-0.05, 0) is 15.9 Å². The summed E-state index contributed by atoms with van der Waals surface area (Å²) in [6.45, 7) is -0.430. The van der Waals surface area contributed by atoms with E-state index in [0.717, 1.165) is 0 Å². The number of oxime groups is 1. The van der Waals surface area contributed by atoms with Gasteiger partial charge < -0.3 is 31.0 Å². The Morgan fingerprint density at radius 1 is 1.53 bits per heavy atom. The lowest BCUT2D eigenvalue weighted by Crippen LogP contribution is -2.33. The maximum Gasteiger partial charge on any atom is 0.180 e. The molecule has 0 amide bonds. The van der Waals surface area contributed by atoms with Crippen molar-refractivity contribution in [2.45, 2.75) is 24.5 Å².